The van der Waals surface area contributed by atoms with Gasteiger partial charge in [-0.25, -0.2) is 4.52 Å². The largest absolute Gasteiger partial charge is 0.366 e. The SMILES string of the molecule is NC(=O)c1cccc(-c2cccc3nc(Nc4ccccc4)nn23)c1.[HH]. The molecular weight excluding hydrogens is 314 g/mol. The second-order valence-corrected chi connectivity index (χ2v) is 5.55. The lowest BCUT2D eigenvalue weighted by Crippen LogP contribution is -2.10. The van der Waals surface area contributed by atoms with Crippen LogP contribution in [0.25, 0.3) is 16.9 Å². The van der Waals surface area contributed by atoms with Crippen LogP contribution in [0.1, 0.15) is 11.8 Å². The number of rotatable bonds is 4. The number of benzene rings is 2. The minimum Gasteiger partial charge on any atom is -0.366 e. The lowest BCUT2D eigenvalue weighted by Gasteiger charge is -2.05. The molecule has 124 valence electrons. The topological polar surface area (TPSA) is 85.3 Å². The molecule has 0 saturated carbocycles. The van der Waals surface area contributed by atoms with E-state index in [1.165, 1.54) is 0 Å². The van der Waals surface area contributed by atoms with E-state index in [0.717, 1.165) is 16.9 Å². The van der Waals surface area contributed by atoms with Gasteiger partial charge in [0.25, 0.3) is 0 Å². The van der Waals surface area contributed by atoms with Gasteiger partial charge >= 0.3 is 0 Å². The Morgan fingerprint density at radius 2 is 1.80 bits per heavy atom. The monoisotopic (exact) mass is 331 g/mol. The van der Waals surface area contributed by atoms with E-state index >= 15 is 0 Å². The van der Waals surface area contributed by atoms with Crippen molar-refractivity contribution in [3.63, 3.8) is 0 Å². The molecule has 0 spiro atoms. The van der Waals surface area contributed by atoms with Gasteiger partial charge in [0.15, 0.2) is 5.65 Å². The van der Waals surface area contributed by atoms with Gasteiger partial charge in [0.1, 0.15) is 0 Å². The van der Waals surface area contributed by atoms with Gasteiger partial charge in [-0.1, -0.05) is 36.4 Å². The molecule has 3 N–H and O–H groups in total. The number of amides is 1. The Hall–Kier alpha value is -3.67. The van der Waals surface area contributed by atoms with Crippen molar-refractivity contribution in [3.8, 4) is 11.3 Å². The lowest BCUT2D eigenvalue weighted by molar-refractivity contribution is 0.100. The van der Waals surface area contributed by atoms with Crippen LogP contribution >= 0.6 is 0 Å². The molecule has 1 amide bonds. The highest BCUT2D eigenvalue weighted by molar-refractivity contribution is 5.94. The number of carbonyl (C=O) groups is 1. The van der Waals surface area contributed by atoms with Crippen LogP contribution < -0.4 is 11.1 Å². The summed E-state index contributed by atoms with van der Waals surface area (Å²) in [5.41, 5.74) is 9.13. The summed E-state index contributed by atoms with van der Waals surface area (Å²) in [6.45, 7) is 0. The third kappa shape index (κ3) is 2.92. The first kappa shape index (κ1) is 14.9. The quantitative estimate of drug-likeness (QED) is 0.599. The highest BCUT2D eigenvalue weighted by Crippen LogP contribution is 2.22. The standard InChI is InChI=1S/C19H15N5O.H2/c20-18(25)14-7-4-6-13(12-14)16-10-5-11-17-22-19(23-24(16)17)21-15-8-2-1-3-9-15;/h1-12H,(H2,20,25)(H,21,23);1H. The van der Waals surface area contributed by atoms with E-state index in [-0.39, 0.29) is 1.43 Å². The third-order valence-electron chi connectivity index (χ3n) is 3.83. The van der Waals surface area contributed by atoms with Crippen LogP contribution in [0.3, 0.4) is 0 Å². The van der Waals surface area contributed by atoms with E-state index < -0.39 is 5.91 Å². The predicted octanol–water partition coefficient (Wildman–Crippen LogP) is 3.48. The van der Waals surface area contributed by atoms with Gasteiger partial charge in [-0.3, -0.25) is 4.79 Å². The second-order valence-electron chi connectivity index (χ2n) is 5.55. The van der Waals surface area contributed by atoms with Gasteiger partial charge in [-0.15, -0.1) is 5.10 Å². The Bertz CT molecular complexity index is 1060. The Morgan fingerprint density at radius 3 is 2.60 bits per heavy atom. The van der Waals surface area contributed by atoms with Gasteiger partial charge in [-0.2, -0.15) is 4.98 Å². The number of hydrogen-bond donors (Lipinski definition) is 2. The lowest BCUT2D eigenvalue weighted by atomic mass is 10.1. The molecule has 2 heterocycles. The van der Waals surface area contributed by atoms with Crippen LogP contribution in [-0.2, 0) is 0 Å². The molecule has 6 heteroatoms. The first-order valence-corrected chi connectivity index (χ1v) is 7.79. The molecule has 0 bridgehead atoms. The zero-order valence-corrected chi connectivity index (χ0v) is 13.3. The smallest absolute Gasteiger partial charge is 0.248 e. The molecule has 0 aliphatic rings. The molecular formula is C19H17N5O. The first-order chi connectivity index (χ1) is 12.2. The van der Waals surface area contributed by atoms with E-state index in [9.17, 15) is 4.79 Å². The minimum absolute atomic E-state index is 0. The van der Waals surface area contributed by atoms with Crippen LogP contribution in [0.2, 0.25) is 0 Å². The molecule has 4 rings (SSSR count). The predicted molar refractivity (Wildman–Crippen MR) is 98.8 cm³/mol. The zero-order valence-electron chi connectivity index (χ0n) is 13.3. The molecule has 25 heavy (non-hydrogen) atoms. The maximum absolute atomic E-state index is 11.4. The van der Waals surface area contributed by atoms with Gasteiger partial charge in [0.05, 0.1) is 5.69 Å². The van der Waals surface area contributed by atoms with Crippen molar-refractivity contribution in [2.45, 2.75) is 0 Å². The molecule has 0 aliphatic heterocycles. The molecule has 0 fully saturated rings. The highest BCUT2D eigenvalue weighted by atomic mass is 16.1. The minimum atomic E-state index is -0.459. The Labute approximate surface area is 145 Å². The number of anilines is 2. The number of aromatic nitrogens is 3. The Kier molecular flexibility index (Phi) is 3.63. The number of nitrogens with two attached hydrogens (primary N) is 1. The average Bonchev–Trinajstić information content (AvgIpc) is 3.05. The molecule has 0 aliphatic carbocycles. The number of nitrogens with zero attached hydrogens (tertiary/aromatic N) is 3. The zero-order chi connectivity index (χ0) is 17.2. The van der Waals surface area contributed by atoms with Crippen molar-refractivity contribution >= 4 is 23.2 Å². The number of fused-ring (bicyclic) bond motifs is 1. The molecule has 2 aromatic carbocycles. The van der Waals surface area contributed by atoms with Crippen molar-refractivity contribution in [1.82, 2.24) is 14.6 Å². The normalized spacial score (nSPS) is 10.7. The maximum atomic E-state index is 11.4. The van der Waals surface area contributed by atoms with Crippen LogP contribution in [0.15, 0.2) is 72.8 Å². The summed E-state index contributed by atoms with van der Waals surface area (Å²) in [6.07, 6.45) is 0. The number of pyridine rings is 1. The molecule has 0 atom stereocenters. The van der Waals surface area contributed by atoms with Crippen molar-refractivity contribution in [2.75, 3.05) is 5.32 Å². The van der Waals surface area contributed by atoms with Crippen LogP contribution in [0.4, 0.5) is 11.6 Å². The van der Waals surface area contributed by atoms with Gasteiger partial charge < -0.3 is 11.1 Å². The number of hydrogen-bond acceptors (Lipinski definition) is 4. The first-order valence-electron chi connectivity index (χ1n) is 7.79. The van der Waals surface area contributed by atoms with Crippen molar-refractivity contribution in [1.29, 1.82) is 0 Å². The second kappa shape index (κ2) is 6.09. The van der Waals surface area contributed by atoms with E-state index in [4.69, 9.17) is 5.73 Å². The van der Waals surface area contributed by atoms with Crippen LogP contribution in [-0.4, -0.2) is 20.5 Å². The summed E-state index contributed by atoms with van der Waals surface area (Å²) in [5, 5.41) is 7.72. The van der Waals surface area contributed by atoms with Crippen molar-refractivity contribution in [2.24, 2.45) is 5.73 Å². The summed E-state index contributed by atoms with van der Waals surface area (Å²) in [5.74, 6) is 0.0451. The summed E-state index contributed by atoms with van der Waals surface area (Å²) >= 11 is 0. The number of nitrogens with one attached hydrogen (secondary N) is 1. The van der Waals surface area contributed by atoms with E-state index in [0.29, 0.717) is 17.2 Å². The average molecular weight is 331 g/mol. The van der Waals surface area contributed by atoms with Gasteiger partial charge in [0, 0.05) is 18.2 Å². The van der Waals surface area contributed by atoms with Crippen molar-refractivity contribution in [3.05, 3.63) is 78.4 Å². The fourth-order valence-electron chi connectivity index (χ4n) is 2.66. The van der Waals surface area contributed by atoms with Gasteiger partial charge in [-0.05, 0) is 36.4 Å². The Balaban J connectivity index is 0.00000196. The van der Waals surface area contributed by atoms with Gasteiger partial charge in [0.2, 0.25) is 11.9 Å². The summed E-state index contributed by atoms with van der Waals surface area (Å²) < 4.78 is 1.74. The van der Waals surface area contributed by atoms with E-state index in [1.807, 2.05) is 54.6 Å². The molecule has 0 unspecified atom stereocenters. The number of carbonyl (C=O) groups excluding carboxylic acids is 1. The summed E-state index contributed by atoms with van der Waals surface area (Å²) in [7, 11) is 0. The maximum Gasteiger partial charge on any atom is 0.248 e. The fourth-order valence-corrected chi connectivity index (χ4v) is 2.66. The number of para-hydroxylation sites is 1. The molecule has 6 nitrogen and oxygen atoms in total. The van der Waals surface area contributed by atoms with E-state index in [1.54, 1.807) is 22.7 Å². The Morgan fingerprint density at radius 1 is 1.00 bits per heavy atom. The van der Waals surface area contributed by atoms with Crippen LogP contribution in [0.5, 0.6) is 0 Å². The summed E-state index contributed by atoms with van der Waals surface area (Å²) in [6, 6.07) is 22.6. The summed E-state index contributed by atoms with van der Waals surface area (Å²) in [4.78, 5) is 15.9. The molecule has 2 aromatic heterocycles. The van der Waals surface area contributed by atoms with E-state index in [2.05, 4.69) is 15.4 Å². The highest BCUT2D eigenvalue weighted by Gasteiger charge is 2.10. The molecule has 0 saturated heterocycles. The third-order valence-corrected chi connectivity index (χ3v) is 3.83. The molecule has 0 radical (unpaired) electrons. The van der Waals surface area contributed by atoms with Crippen LogP contribution in [0, 0.1) is 0 Å². The number of primary amides is 1. The fraction of sp³-hybridized carbons (Fsp3) is 0. The molecule has 4 aromatic rings. The van der Waals surface area contributed by atoms with Crippen molar-refractivity contribution < 1.29 is 6.22 Å².